The Kier molecular flexibility index (Phi) is 6.18. The standard InChI is InChI=1S/C23H27N3O3S/c1-16(17-8-3-2-4-9-17)24-21(27)18-10-5-13-25(18)22(28)19-11-6-14-26(19)23(29)20-12-7-15-30-20/h2-4,7-9,12,15-16,18-19H,5-6,10-11,13-14H2,1H3,(H,24,27)/t16-,18-,19-/m0/s1. The second-order valence-corrected chi connectivity index (χ2v) is 8.91. The van der Waals surface area contributed by atoms with Gasteiger partial charge < -0.3 is 15.1 Å². The number of nitrogens with zero attached hydrogens (tertiary/aromatic N) is 2. The normalized spacial score (nSPS) is 22.2. The van der Waals surface area contributed by atoms with Crippen molar-refractivity contribution in [1.29, 1.82) is 0 Å². The Morgan fingerprint density at radius 2 is 1.67 bits per heavy atom. The number of hydrogen-bond donors (Lipinski definition) is 1. The predicted molar refractivity (Wildman–Crippen MR) is 116 cm³/mol. The topological polar surface area (TPSA) is 69.7 Å². The van der Waals surface area contributed by atoms with Crippen LogP contribution in [-0.4, -0.2) is 52.7 Å². The number of likely N-dealkylation sites (tertiary alicyclic amines) is 2. The summed E-state index contributed by atoms with van der Waals surface area (Å²) in [7, 11) is 0. The zero-order valence-electron chi connectivity index (χ0n) is 17.1. The largest absolute Gasteiger partial charge is 0.348 e. The highest BCUT2D eigenvalue weighted by molar-refractivity contribution is 7.12. The second kappa shape index (κ2) is 9.00. The van der Waals surface area contributed by atoms with Crippen molar-refractivity contribution in [2.75, 3.05) is 13.1 Å². The number of rotatable bonds is 5. The Bertz CT molecular complexity index is 900. The van der Waals surface area contributed by atoms with E-state index in [0.717, 1.165) is 18.4 Å². The molecule has 2 aromatic rings. The Morgan fingerprint density at radius 3 is 2.37 bits per heavy atom. The third kappa shape index (κ3) is 4.12. The lowest BCUT2D eigenvalue weighted by Crippen LogP contribution is -2.53. The summed E-state index contributed by atoms with van der Waals surface area (Å²) in [4.78, 5) is 43.2. The minimum Gasteiger partial charge on any atom is -0.348 e. The molecule has 3 amide bonds. The van der Waals surface area contributed by atoms with Crippen molar-refractivity contribution in [3.63, 3.8) is 0 Å². The number of benzene rings is 1. The van der Waals surface area contributed by atoms with Crippen LogP contribution in [0.3, 0.4) is 0 Å². The van der Waals surface area contributed by atoms with Crippen LogP contribution in [-0.2, 0) is 9.59 Å². The number of carbonyl (C=O) groups is 3. The van der Waals surface area contributed by atoms with E-state index in [2.05, 4.69) is 5.32 Å². The van der Waals surface area contributed by atoms with Gasteiger partial charge in [0.05, 0.1) is 10.9 Å². The maximum Gasteiger partial charge on any atom is 0.264 e. The van der Waals surface area contributed by atoms with Crippen LogP contribution in [0.15, 0.2) is 47.8 Å². The van der Waals surface area contributed by atoms with Gasteiger partial charge in [-0.15, -0.1) is 11.3 Å². The van der Waals surface area contributed by atoms with Crippen LogP contribution < -0.4 is 5.32 Å². The molecule has 0 bridgehead atoms. The van der Waals surface area contributed by atoms with Gasteiger partial charge in [0.1, 0.15) is 12.1 Å². The highest BCUT2D eigenvalue weighted by Gasteiger charge is 2.42. The van der Waals surface area contributed by atoms with Crippen molar-refractivity contribution in [3.8, 4) is 0 Å². The molecule has 0 spiro atoms. The molecule has 0 aliphatic carbocycles. The highest BCUT2D eigenvalue weighted by atomic mass is 32.1. The van der Waals surface area contributed by atoms with Crippen LogP contribution in [0.2, 0.25) is 0 Å². The summed E-state index contributed by atoms with van der Waals surface area (Å²) in [5, 5.41) is 4.93. The maximum atomic E-state index is 13.4. The molecule has 2 aliphatic rings. The summed E-state index contributed by atoms with van der Waals surface area (Å²) in [5.74, 6) is -0.299. The van der Waals surface area contributed by atoms with E-state index in [1.807, 2.05) is 48.7 Å². The molecule has 30 heavy (non-hydrogen) atoms. The highest BCUT2D eigenvalue weighted by Crippen LogP contribution is 2.27. The molecule has 0 saturated carbocycles. The molecule has 158 valence electrons. The molecule has 1 N–H and O–H groups in total. The van der Waals surface area contributed by atoms with Gasteiger partial charge in [-0.05, 0) is 49.6 Å². The maximum absolute atomic E-state index is 13.4. The molecule has 7 heteroatoms. The van der Waals surface area contributed by atoms with Crippen LogP contribution in [0, 0.1) is 0 Å². The average molecular weight is 426 g/mol. The number of amides is 3. The predicted octanol–water partition coefficient (Wildman–Crippen LogP) is 3.22. The van der Waals surface area contributed by atoms with E-state index in [-0.39, 0.29) is 23.8 Å². The summed E-state index contributed by atoms with van der Waals surface area (Å²) in [6, 6.07) is 12.4. The summed E-state index contributed by atoms with van der Waals surface area (Å²) in [6.45, 7) is 3.10. The Balaban J connectivity index is 1.44. The van der Waals surface area contributed by atoms with Gasteiger partial charge in [-0.1, -0.05) is 36.4 Å². The number of hydrogen-bond acceptors (Lipinski definition) is 4. The zero-order valence-corrected chi connectivity index (χ0v) is 17.9. The molecule has 2 fully saturated rings. The van der Waals surface area contributed by atoms with Crippen LogP contribution in [0.25, 0.3) is 0 Å². The number of nitrogens with one attached hydrogen (secondary N) is 1. The quantitative estimate of drug-likeness (QED) is 0.800. The van der Waals surface area contributed by atoms with Crippen LogP contribution in [0.4, 0.5) is 0 Å². The first-order valence-electron chi connectivity index (χ1n) is 10.6. The second-order valence-electron chi connectivity index (χ2n) is 7.96. The van der Waals surface area contributed by atoms with E-state index < -0.39 is 12.1 Å². The van der Waals surface area contributed by atoms with E-state index in [1.165, 1.54) is 11.3 Å². The van der Waals surface area contributed by atoms with E-state index in [1.54, 1.807) is 15.9 Å². The molecule has 6 nitrogen and oxygen atoms in total. The molecule has 2 aliphatic heterocycles. The van der Waals surface area contributed by atoms with Gasteiger partial charge in [0.25, 0.3) is 5.91 Å². The molecule has 3 heterocycles. The lowest BCUT2D eigenvalue weighted by atomic mass is 10.1. The van der Waals surface area contributed by atoms with Crippen LogP contribution in [0.5, 0.6) is 0 Å². The third-order valence-electron chi connectivity index (χ3n) is 6.03. The van der Waals surface area contributed by atoms with Crippen molar-refractivity contribution in [2.24, 2.45) is 0 Å². The molecular formula is C23H27N3O3S. The molecule has 4 rings (SSSR count). The third-order valence-corrected chi connectivity index (χ3v) is 6.89. The van der Waals surface area contributed by atoms with Crippen LogP contribution in [0.1, 0.15) is 53.9 Å². The number of carbonyl (C=O) groups excluding carboxylic acids is 3. The average Bonchev–Trinajstić information content (AvgIpc) is 3.54. The summed E-state index contributed by atoms with van der Waals surface area (Å²) < 4.78 is 0. The Hall–Kier alpha value is -2.67. The monoisotopic (exact) mass is 425 g/mol. The minimum absolute atomic E-state index is 0.0845. The van der Waals surface area contributed by atoms with Gasteiger partial charge >= 0.3 is 0 Å². The molecule has 0 unspecified atom stereocenters. The molecular weight excluding hydrogens is 398 g/mol. The van der Waals surface area contributed by atoms with Gasteiger partial charge in [-0.25, -0.2) is 0 Å². The van der Waals surface area contributed by atoms with Gasteiger partial charge in [-0.3, -0.25) is 14.4 Å². The lowest BCUT2D eigenvalue weighted by Gasteiger charge is -2.31. The van der Waals surface area contributed by atoms with E-state index in [4.69, 9.17) is 0 Å². The molecule has 1 aromatic carbocycles. The molecule has 0 radical (unpaired) electrons. The summed E-state index contributed by atoms with van der Waals surface area (Å²) >= 11 is 1.39. The van der Waals surface area contributed by atoms with Gasteiger partial charge in [0, 0.05) is 13.1 Å². The van der Waals surface area contributed by atoms with Crippen molar-refractivity contribution in [2.45, 2.75) is 50.7 Å². The van der Waals surface area contributed by atoms with E-state index in [0.29, 0.717) is 30.8 Å². The SMILES string of the molecule is C[C@H](NC(=O)[C@@H]1CCCN1C(=O)[C@@H]1CCCN1C(=O)c1cccs1)c1ccccc1. The fourth-order valence-corrected chi connectivity index (χ4v) is 5.12. The summed E-state index contributed by atoms with van der Waals surface area (Å²) in [5.41, 5.74) is 1.03. The number of thiophene rings is 1. The van der Waals surface area contributed by atoms with Crippen molar-refractivity contribution in [1.82, 2.24) is 15.1 Å². The first-order valence-corrected chi connectivity index (χ1v) is 11.4. The van der Waals surface area contributed by atoms with E-state index in [9.17, 15) is 14.4 Å². The fraction of sp³-hybridized carbons (Fsp3) is 0.435. The van der Waals surface area contributed by atoms with Gasteiger partial charge in [0.2, 0.25) is 11.8 Å². The van der Waals surface area contributed by atoms with E-state index >= 15 is 0 Å². The molecule has 3 atom stereocenters. The lowest BCUT2D eigenvalue weighted by molar-refractivity contribution is -0.141. The van der Waals surface area contributed by atoms with Gasteiger partial charge in [-0.2, -0.15) is 0 Å². The van der Waals surface area contributed by atoms with Crippen molar-refractivity contribution in [3.05, 3.63) is 58.3 Å². The fourth-order valence-electron chi connectivity index (χ4n) is 4.44. The first kappa shape index (κ1) is 20.6. The van der Waals surface area contributed by atoms with Crippen molar-refractivity contribution < 1.29 is 14.4 Å². The summed E-state index contributed by atoms with van der Waals surface area (Å²) in [6.07, 6.45) is 2.92. The van der Waals surface area contributed by atoms with Crippen molar-refractivity contribution >= 4 is 29.1 Å². The van der Waals surface area contributed by atoms with Gasteiger partial charge in [0.15, 0.2) is 0 Å². The molecule has 2 saturated heterocycles. The Labute approximate surface area is 180 Å². The minimum atomic E-state index is -0.473. The Morgan fingerprint density at radius 1 is 0.967 bits per heavy atom. The zero-order chi connectivity index (χ0) is 21.1. The smallest absolute Gasteiger partial charge is 0.264 e. The molecule has 1 aromatic heterocycles. The first-order chi connectivity index (χ1) is 14.6. The van der Waals surface area contributed by atoms with Crippen LogP contribution >= 0.6 is 11.3 Å².